The van der Waals surface area contributed by atoms with Gasteiger partial charge in [-0.3, -0.25) is 0 Å². The van der Waals surface area contributed by atoms with Crippen molar-refractivity contribution in [1.29, 1.82) is 0 Å². The van der Waals surface area contributed by atoms with Gasteiger partial charge < -0.3 is 10.2 Å². The Kier molecular flexibility index (Phi) is 4.91. The van der Waals surface area contributed by atoms with Crippen molar-refractivity contribution in [3.05, 3.63) is 70.9 Å². The van der Waals surface area contributed by atoms with Crippen molar-refractivity contribution < 1.29 is 0 Å². The highest BCUT2D eigenvalue weighted by Gasteiger charge is 2.08. The topological polar surface area (TPSA) is 53.9 Å². The van der Waals surface area contributed by atoms with Crippen molar-refractivity contribution in [3.63, 3.8) is 0 Å². The summed E-state index contributed by atoms with van der Waals surface area (Å²) in [5, 5.41) is 12.1. The second-order valence-corrected chi connectivity index (χ2v) is 6.00. The quantitative estimate of drug-likeness (QED) is 0.754. The van der Waals surface area contributed by atoms with Gasteiger partial charge in [-0.15, -0.1) is 5.10 Å². The number of benzene rings is 2. The van der Waals surface area contributed by atoms with Gasteiger partial charge in [0.15, 0.2) is 5.82 Å². The summed E-state index contributed by atoms with van der Waals surface area (Å²) in [6.07, 6.45) is 1.60. The molecule has 2 aromatic carbocycles. The summed E-state index contributed by atoms with van der Waals surface area (Å²) in [4.78, 5) is 6.49. The lowest BCUT2D eigenvalue weighted by Crippen LogP contribution is -2.20. The number of hydrogen-bond donors (Lipinski definition) is 1. The fourth-order valence-electron chi connectivity index (χ4n) is 2.31. The van der Waals surface area contributed by atoms with E-state index >= 15 is 0 Å². The Morgan fingerprint density at radius 2 is 1.92 bits per heavy atom. The molecular weight excluding hydrogens is 322 g/mol. The highest BCUT2D eigenvalue weighted by atomic mass is 35.5. The number of halogens is 1. The second kappa shape index (κ2) is 7.27. The van der Waals surface area contributed by atoms with Gasteiger partial charge in [0.2, 0.25) is 5.95 Å². The maximum atomic E-state index is 6.06. The van der Waals surface area contributed by atoms with Crippen LogP contribution in [0.25, 0.3) is 0 Å². The van der Waals surface area contributed by atoms with E-state index in [2.05, 4.69) is 32.6 Å². The fraction of sp³-hybridized carbons (Fsp3) is 0.167. The van der Waals surface area contributed by atoms with Gasteiger partial charge in [0.1, 0.15) is 0 Å². The SMILES string of the molecule is Cc1ccc(Cl)cc1Nc1cnnc(N(C)Cc2ccccc2)n1. The summed E-state index contributed by atoms with van der Waals surface area (Å²) in [7, 11) is 1.94. The van der Waals surface area contributed by atoms with Crippen molar-refractivity contribution in [2.75, 3.05) is 17.3 Å². The van der Waals surface area contributed by atoms with Gasteiger partial charge >= 0.3 is 0 Å². The smallest absolute Gasteiger partial charge is 0.247 e. The van der Waals surface area contributed by atoms with Crippen LogP contribution in [0.1, 0.15) is 11.1 Å². The zero-order valence-electron chi connectivity index (χ0n) is 13.6. The number of nitrogens with zero attached hydrogens (tertiary/aromatic N) is 4. The van der Waals surface area contributed by atoms with Gasteiger partial charge in [0, 0.05) is 24.3 Å². The third kappa shape index (κ3) is 4.00. The van der Waals surface area contributed by atoms with E-state index in [1.165, 1.54) is 5.56 Å². The highest BCUT2D eigenvalue weighted by Crippen LogP contribution is 2.23. The summed E-state index contributed by atoms with van der Waals surface area (Å²) < 4.78 is 0. The lowest BCUT2D eigenvalue weighted by Gasteiger charge is -2.17. The molecular formula is C18H18ClN5. The molecule has 0 spiro atoms. The minimum Gasteiger partial charge on any atom is -0.339 e. The monoisotopic (exact) mass is 339 g/mol. The Morgan fingerprint density at radius 3 is 2.71 bits per heavy atom. The van der Waals surface area contributed by atoms with Crippen LogP contribution in [-0.2, 0) is 6.54 Å². The van der Waals surface area contributed by atoms with Gasteiger partial charge in [0.25, 0.3) is 0 Å². The highest BCUT2D eigenvalue weighted by molar-refractivity contribution is 6.30. The lowest BCUT2D eigenvalue weighted by atomic mass is 10.2. The molecule has 1 heterocycles. The minimum atomic E-state index is 0.559. The molecule has 0 aliphatic rings. The lowest BCUT2D eigenvalue weighted by molar-refractivity contribution is 0.831. The molecule has 0 aliphatic carbocycles. The van der Waals surface area contributed by atoms with E-state index < -0.39 is 0 Å². The maximum absolute atomic E-state index is 6.06. The van der Waals surface area contributed by atoms with Crippen molar-refractivity contribution in [2.24, 2.45) is 0 Å². The van der Waals surface area contributed by atoms with Crippen molar-refractivity contribution in [1.82, 2.24) is 15.2 Å². The first-order valence-electron chi connectivity index (χ1n) is 7.60. The number of hydrogen-bond acceptors (Lipinski definition) is 5. The van der Waals surface area contributed by atoms with Crippen LogP contribution in [0.15, 0.2) is 54.7 Å². The molecule has 0 unspecified atom stereocenters. The van der Waals surface area contributed by atoms with Crippen molar-refractivity contribution in [2.45, 2.75) is 13.5 Å². The van der Waals surface area contributed by atoms with E-state index in [0.29, 0.717) is 23.3 Å². The molecule has 5 nitrogen and oxygen atoms in total. The van der Waals surface area contributed by atoms with Gasteiger partial charge in [-0.05, 0) is 30.2 Å². The molecule has 3 aromatic rings. The Labute approximate surface area is 146 Å². The van der Waals surface area contributed by atoms with Crippen LogP contribution in [0.2, 0.25) is 5.02 Å². The second-order valence-electron chi connectivity index (χ2n) is 5.57. The molecule has 6 heteroatoms. The van der Waals surface area contributed by atoms with Crippen LogP contribution in [0.3, 0.4) is 0 Å². The zero-order valence-corrected chi connectivity index (χ0v) is 14.3. The van der Waals surface area contributed by atoms with Crippen LogP contribution in [0.4, 0.5) is 17.5 Å². The van der Waals surface area contributed by atoms with E-state index in [1.54, 1.807) is 6.20 Å². The largest absolute Gasteiger partial charge is 0.339 e. The molecule has 0 bridgehead atoms. The first-order chi connectivity index (χ1) is 11.6. The molecule has 0 saturated heterocycles. The molecule has 3 rings (SSSR count). The van der Waals surface area contributed by atoms with Crippen LogP contribution in [-0.4, -0.2) is 22.2 Å². The van der Waals surface area contributed by atoms with Gasteiger partial charge in [0.05, 0.1) is 6.20 Å². The van der Waals surface area contributed by atoms with Crippen LogP contribution in [0, 0.1) is 6.92 Å². The number of nitrogens with one attached hydrogen (secondary N) is 1. The third-order valence-corrected chi connectivity index (χ3v) is 3.85. The average Bonchev–Trinajstić information content (AvgIpc) is 2.59. The Balaban J connectivity index is 1.77. The molecule has 1 aromatic heterocycles. The summed E-state index contributed by atoms with van der Waals surface area (Å²) in [5.41, 5.74) is 3.17. The maximum Gasteiger partial charge on any atom is 0.247 e. The Bertz CT molecular complexity index is 823. The molecule has 0 radical (unpaired) electrons. The summed E-state index contributed by atoms with van der Waals surface area (Å²) in [6, 6.07) is 15.9. The van der Waals surface area contributed by atoms with Gasteiger partial charge in [-0.25, -0.2) is 0 Å². The summed E-state index contributed by atoms with van der Waals surface area (Å²) in [6.45, 7) is 2.72. The van der Waals surface area contributed by atoms with Crippen LogP contribution >= 0.6 is 11.6 Å². The standard InChI is InChI=1S/C18H18ClN5/c1-13-8-9-15(19)10-16(13)21-17-11-20-23-18(22-17)24(2)12-14-6-4-3-5-7-14/h3-11H,12H2,1-2H3,(H,21,22,23). The number of rotatable bonds is 5. The zero-order chi connectivity index (χ0) is 16.9. The molecule has 0 aliphatic heterocycles. The molecule has 0 amide bonds. The van der Waals surface area contributed by atoms with Gasteiger partial charge in [-0.2, -0.15) is 10.1 Å². The number of anilines is 3. The van der Waals surface area contributed by atoms with E-state index in [0.717, 1.165) is 11.3 Å². The Hall–Kier alpha value is -2.66. The number of aromatic nitrogens is 3. The summed E-state index contributed by atoms with van der Waals surface area (Å²) in [5.74, 6) is 1.19. The first-order valence-corrected chi connectivity index (χ1v) is 7.97. The Morgan fingerprint density at radius 1 is 1.12 bits per heavy atom. The van der Waals surface area contributed by atoms with E-state index in [9.17, 15) is 0 Å². The minimum absolute atomic E-state index is 0.559. The van der Waals surface area contributed by atoms with Gasteiger partial charge in [-0.1, -0.05) is 48.0 Å². The van der Waals surface area contributed by atoms with Crippen LogP contribution in [0.5, 0.6) is 0 Å². The normalized spacial score (nSPS) is 10.5. The number of aryl methyl sites for hydroxylation is 1. The predicted octanol–water partition coefficient (Wildman–Crippen LogP) is 4.21. The predicted molar refractivity (Wildman–Crippen MR) is 97.8 cm³/mol. The van der Waals surface area contributed by atoms with E-state index in [1.807, 2.05) is 55.3 Å². The van der Waals surface area contributed by atoms with Crippen molar-refractivity contribution >= 4 is 29.1 Å². The molecule has 0 saturated carbocycles. The molecule has 24 heavy (non-hydrogen) atoms. The first kappa shape index (κ1) is 16.2. The van der Waals surface area contributed by atoms with E-state index in [-0.39, 0.29) is 0 Å². The summed E-state index contributed by atoms with van der Waals surface area (Å²) >= 11 is 6.06. The molecule has 122 valence electrons. The molecule has 0 fully saturated rings. The van der Waals surface area contributed by atoms with E-state index in [4.69, 9.17) is 11.6 Å². The van der Waals surface area contributed by atoms with Crippen molar-refractivity contribution in [3.8, 4) is 0 Å². The fourth-order valence-corrected chi connectivity index (χ4v) is 2.48. The van der Waals surface area contributed by atoms with Crippen LogP contribution < -0.4 is 10.2 Å². The third-order valence-electron chi connectivity index (χ3n) is 3.61. The molecule has 0 atom stereocenters. The average molecular weight is 340 g/mol. The molecule has 1 N–H and O–H groups in total.